The van der Waals surface area contributed by atoms with E-state index in [1.54, 1.807) is 12.1 Å². The largest absolute Gasteiger partial charge is 0.495 e. The zero-order valence-corrected chi connectivity index (χ0v) is 13.6. The van der Waals surface area contributed by atoms with Gasteiger partial charge in [-0.2, -0.15) is 5.26 Å². The molecule has 0 aliphatic rings. The molecule has 0 aliphatic carbocycles. The maximum absolute atomic E-state index is 13.0. The number of methoxy groups -OCH3 is 1. The molecule has 1 unspecified atom stereocenters. The summed E-state index contributed by atoms with van der Waals surface area (Å²) in [5, 5.41) is 21.9. The minimum Gasteiger partial charge on any atom is -0.495 e. The number of hydrogen-bond donors (Lipinski definition) is 2. The van der Waals surface area contributed by atoms with Crippen LogP contribution in [0.4, 0.5) is 8.78 Å². The van der Waals surface area contributed by atoms with Crippen LogP contribution in [-0.4, -0.2) is 31.5 Å². The third kappa shape index (κ3) is 5.41. The molecule has 0 bridgehead atoms. The summed E-state index contributed by atoms with van der Waals surface area (Å²) in [6.07, 6.45) is -0.832. The Morgan fingerprint density at radius 3 is 2.68 bits per heavy atom. The number of aliphatic hydroxyl groups is 1. The molecule has 5 nitrogen and oxygen atoms in total. The van der Waals surface area contributed by atoms with Crippen LogP contribution in [0.3, 0.4) is 0 Å². The van der Waals surface area contributed by atoms with Crippen molar-refractivity contribution < 1.29 is 23.4 Å². The first-order chi connectivity index (χ1) is 12.0. The van der Waals surface area contributed by atoms with Crippen LogP contribution in [-0.2, 0) is 6.54 Å². The molecule has 0 spiro atoms. The number of nitrogens with one attached hydrogen (secondary N) is 1. The average Bonchev–Trinajstić information content (AvgIpc) is 2.62. The molecule has 2 aromatic carbocycles. The summed E-state index contributed by atoms with van der Waals surface area (Å²) in [6.45, 7) is 0.614. The smallest absolute Gasteiger partial charge is 0.162 e. The fourth-order valence-corrected chi connectivity index (χ4v) is 2.15. The highest BCUT2D eigenvalue weighted by atomic mass is 19.2. The zero-order valence-electron chi connectivity index (χ0n) is 13.6. The van der Waals surface area contributed by atoms with Crippen molar-refractivity contribution in [3.05, 3.63) is 59.2 Å². The van der Waals surface area contributed by atoms with Gasteiger partial charge in [-0.3, -0.25) is 0 Å². The van der Waals surface area contributed by atoms with Gasteiger partial charge in [0.2, 0.25) is 0 Å². The predicted molar refractivity (Wildman–Crippen MR) is 87.3 cm³/mol. The van der Waals surface area contributed by atoms with Gasteiger partial charge in [0.1, 0.15) is 30.3 Å². The van der Waals surface area contributed by atoms with Crippen LogP contribution in [0.25, 0.3) is 0 Å². The van der Waals surface area contributed by atoms with E-state index >= 15 is 0 Å². The van der Waals surface area contributed by atoms with Gasteiger partial charge in [-0.1, -0.05) is 6.07 Å². The van der Waals surface area contributed by atoms with Gasteiger partial charge in [0, 0.05) is 19.2 Å². The molecule has 0 aromatic heterocycles. The Hall–Kier alpha value is -2.69. The summed E-state index contributed by atoms with van der Waals surface area (Å²) < 4.78 is 36.1. The average molecular weight is 348 g/mol. The van der Waals surface area contributed by atoms with Crippen LogP contribution in [0.2, 0.25) is 0 Å². The molecular formula is C18H18F2N2O3. The molecule has 0 fully saturated rings. The molecule has 7 heteroatoms. The van der Waals surface area contributed by atoms with Crippen molar-refractivity contribution in [3.8, 4) is 17.6 Å². The second-order valence-electron chi connectivity index (χ2n) is 5.32. The Morgan fingerprint density at radius 1 is 1.20 bits per heavy atom. The van der Waals surface area contributed by atoms with Gasteiger partial charge < -0.3 is 19.9 Å². The van der Waals surface area contributed by atoms with E-state index in [0.29, 0.717) is 17.9 Å². The lowest BCUT2D eigenvalue weighted by molar-refractivity contribution is 0.106. The van der Waals surface area contributed by atoms with E-state index in [-0.39, 0.29) is 18.9 Å². The molecular weight excluding hydrogens is 330 g/mol. The second kappa shape index (κ2) is 8.97. The fraction of sp³-hybridized carbons (Fsp3) is 0.278. The first-order valence-electron chi connectivity index (χ1n) is 7.57. The lowest BCUT2D eigenvalue weighted by Crippen LogP contribution is -2.31. The Morgan fingerprint density at radius 2 is 2.00 bits per heavy atom. The molecule has 0 amide bonds. The van der Waals surface area contributed by atoms with Crippen LogP contribution < -0.4 is 14.8 Å². The van der Waals surface area contributed by atoms with E-state index < -0.39 is 17.7 Å². The molecule has 2 N–H and O–H groups in total. The Balaban J connectivity index is 1.77. The van der Waals surface area contributed by atoms with Gasteiger partial charge >= 0.3 is 0 Å². The van der Waals surface area contributed by atoms with Crippen molar-refractivity contribution >= 4 is 0 Å². The maximum atomic E-state index is 13.0. The number of rotatable bonds is 8. The molecule has 25 heavy (non-hydrogen) atoms. The first-order valence-corrected chi connectivity index (χ1v) is 7.57. The summed E-state index contributed by atoms with van der Waals surface area (Å²) in [5.74, 6) is -1.30. The van der Waals surface area contributed by atoms with Crippen LogP contribution in [0, 0.1) is 23.0 Å². The number of nitriles is 1. The summed E-state index contributed by atoms with van der Waals surface area (Å²) in [4.78, 5) is 0. The maximum Gasteiger partial charge on any atom is 0.162 e. The fourth-order valence-electron chi connectivity index (χ4n) is 2.15. The lowest BCUT2D eigenvalue weighted by Gasteiger charge is -2.14. The summed E-state index contributed by atoms with van der Waals surface area (Å²) >= 11 is 0. The van der Waals surface area contributed by atoms with E-state index in [2.05, 4.69) is 11.4 Å². The number of ether oxygens (including phenoxy) is 2. The molecule has 0 saturated carbocycles. The molecule has 1 atom stereocenters. The summed E-state index contributed by atoms with van der Waals surface area (Å²) in [5.41, 5.74) is 1.30. The zero-order chi connectivity index (χ0) is 18.2. The molecule has 0 aliphatic heterocycles. The highest BCUT2D eigenvalue weighted by Crippen LogP contribution is 2.18. The van der Waals surface area contributed by atoms with E-state index in [4.69, 9.17) is 14.7 Å². The van der Waals surface area contributed by atoms with Gasteiger partial charge in [-0.25, -0.2) is 8.78 Å². The highest BCUT2D eigenvalue weighted by molar-refractivity contribution is 5.45. The van der Waals surface area contributed by atoms with Crippen molar-refractivity contribution in [3.63, 3.8) is 0 Å². The quantitative estimate of drug-likeness (QED) is 0.766. The van der Waals surface area contributed by atoms with Gasteiger partial charge in [0.05, 0.1) is 12.7 Å². The van der Waals surface area contributed by atoms with Gasteiger partial charge in [-0.15, -0.1) is 0 Å². The first kappa shape index (κ1) is 18.6. The van der Waals surface area contributed by atoms with E-state index in [1.807, 2.05) is 6.07 Å². The Kier molecular flexibility index (Phi) is 6.69. The number of aliphatic hydroxyl groups excluding tert-OH is 1. The third-order valence-corrected chi connectivity index (χ3v) is 3.43. The van der Waals surface area contributed by atoms with Crippen LogP contribution in [0.1, 0.15) is 11.1 Å². The van der Waals surface area contributed by atoms with E-state index in [0.717, 1.165) is 17.7 Å². The molecule has 2 rings (SSSR count). The summed E-state index contributed by atoms with van der Waals surface area (Å²) in [7, 11) is 1.50. The minimum atomic E-state index is -1.00. The van der Waals surface area contributed by atoms with Crippen molar-refractivity contribution in [1.29, 1.82) is 5.26 Å². The number of nitrogens with zero attached hydrogens (tertiary/aromatic N) is 1. The normalized spacial score (nSPS) is 11.6. The van der Waals surface area contributed by atoms with Crippen molar-refractivity contribution in [2.24, 2.45) is 0 Å². The van der Waals surface area contributed by atoms with Crippen LogP contribution >= 0.6 is 0 Å². The number of benzene rings is 2. The van der Waals surface area contributed by atoms with Crippen LogP contribution in [0.5, 0.6) is 11.5 Å². The Labute approximate surface area is 144 Å². The van der Waals surface area contributed by atoms with Gasteiger partial charge in [0.25, 0.3) is 0 Å². The van der Waals surface area contributed by atoms with Crippen LogP contribution in [0.15, 0.2) is 36.4 Å². The van der Waals surface area contributed by atoms with E-state index in [9.17, 15) is 13.9 Å². The molecule has 132 valence electrons. The van der Waals surface area contributed by atoms with E-state index in [1.165, 1.54) is 13.2 Å². The number of halogens is 2. The van der Waals surface area contributed by atoms with Crippen molar-refractivity contribution in [2.45, 2.75) is 12.6 Å². The Bertz CT molecular complexity index is 762. The van der Waals surface area contributed by atoms with Crippen molar-refractivity contribution in [2.75, 3.05) is 20.3 Å². The minimum absolute atomic E-state index is 0.0653. The topological polar surface area (TPSA) is 74.5 Å². The molecule has 0 radical (unpaired) electrons. The molecule has 0 saturated heterocycles. The predicted octanol–water partition coefficient (Wildman–Crippen LogP) is 2.37. The number of hydrogen-bond acceptors (Lipinski definition) is 5. The van der Waals surface area contributed by atoms with Gasteiger partial charge in [-0.05, 0) is 29.8 Å². The molecule has 2 aromatic rings. The molecule has 0 heterocycles. The summed E-state index contributed by atoms with van der Waals surface area (Å²) in [6, 6.07) is 10.5. The standard InChI is InChI=1S/C18H18F2N2O3/c1-24-18-5-2-12(6-13(18)8-21)9-22-10-14(23)11-25-15-3-4-16(19)17(20)7-15/h2-7,14,22-23H,9-11H2,1H3. The SMILES string of the molecule is COc1ccc(CNCC(O)COc2ccc(F)c(F)c2)cc1C#N. The van der Waals surface area contributed by atoms with Crippen molar-refractivity contribution in [1.82, 2.24) is 5.32 Å². The highest BCUT2D eigenvalue weighted by Gasteiger charge is 2.08. The second-order valence-corrected chi connectivity index (χ2v) is 5.32. The lowest BCUT2D eigenvalue weighted by atomic mass is 10.1. The monoisotopic (exact) mass is 348 g/mol. The van der Waals surface area contributed by atoms with Gasteiger partial charge in [0.15, 0.2) is 11.6 Å². The third-order valence-electron chi connectivity index (χ3n) is 3.43.